The molecule has 3 aromatic rings. The van der Waals surface area contributed by atoms with E-state index in [1.54, 1.807) is 7.11 Å². The Morgan fingerprint density at radius 1 is 0.750 bits per heavy atom. The van der Waals surface area contributed by atoms with Gasteiger partial charge in [-0.25, -0.2) is 0 Å². The minimum Gasteiger partial charge on any atom is -0.497 e. The van der Waals surface area contributed by atoms with Gasteiger partial charge >= 0.3 is 0 Å². The molecule has 0 fully saturated rings. The predicted molar refractivity (Wildman–Crippen MR) is 101 cm³/mol. The normalized spacial score (nSPS) is 11.6. The van der Waals surface area contributed by atoms with Crippen molar-refractivity contribution >= 4 is 18.0 Å². The Kier molecular flexibility index (Phi) is 5.21. The van der Waals surface area contributed by atoms with Crippen molar-refractivity contribution < 1.29 is 4.74 Å². The van der Waals surface area contributed by atoms with Gasteiger partial charge < -0.3 is 4.74 Å². The minimum atomic E-state index is 0.838. The summed E-state index contributed by atoms with van der Waals surface area (Å²) in [5.74, 6) is 0.838. The first kappa shape index (κ1) is 15.8. The maximum atomic E-state index is 5.24. The molecule has 2 heteroatoms. The van der Waals surface area contributed by atoms with Crippen molar-refractivity contribution in [3.63, 3.8) is 0 Å². The van der Waals surface area contributed by atoms with Crippen LogP contribution in [0.1, 0.15) is 16.7 Å². The third-order valence-corrected chi connectivity index (χ3v) is 3.64. The Morgan fingerprint density at radius 3 is 1.92 bits per heavy atom. The zero-order valence-electron chi connectivity index (χ0n) is 13.6. The van der Waals surface area contributed by atoms with Gasteiger partial charge in [0.25, 0.3) is 0 Å². The van der Waals surface area contributed by atoms with Gasteiger partial charge in [0.2, 0.25) is 0 Å². The van der Waals surface area contributed by atoms with E-state index in [1.807, 2.05) is 79.0 Å². The molecular weight excluding hydrogens is 294 g/mol. The topological polar surface area (TPSA) is 21.6 Å². The number of benzene rings is 3. The van der Waals surface area contributed by atoms with Crippen molar-refractivity contribution in [2.24, 2.45) is 4.99 Å². The molecule has 0 radical (unpaired) electrons. The second-order valence-electron chi connectivity index (χ2n) is 5.34. The second-order valence-corrected chi connectivity index (χ2v) is 5.34. The highest BCUT2D eigenvalue weighted by molar-refractivity contribution is 5.90. The van der Waals surface area contributed by atoms with Crippen LogP contribution in [0.3, 0.4) is 0 Å². The van der Waals surface area contributed by atoms with Crippen LogP contribution in [0.15, 0.2) is 89.9 Å². The molecule has 0 spiro atoms. The zero-order valence-corrected chi connectivity index (χ0v) is 13.6. The molecule has 0 unspecified atom stereocenters. The molecule has 3 aromatic carbocycles. The number of methoxy groups -OCH3 is 1. The molecule has 0 aliphatic carbocycles. The van der Waals surface area contributed by atoms with Crippen molar-refractivity contribution in [2.45, 2.75) is 0 Å². The molecule has 118 valence electrons. The first-order valence-corrected chi connectivity index (χ1v) is 7.85. The van der Waals surface area contributed by atoms with Crippen LogP contribution in [0.5, 0.6) is 5.75 Å². The van der Waals surface area contributed by atoms with E-state index in [-0.39, 0.29) is 0 Å². The van der Waals surface area contributed by atoms with Crippen LogP contribution in [-0.4, -0.2) is 13.3 Å². The smallest absolute Gasteiger partial charge is 0.118 e. The van der Waals surface area contributed by atoms with Gasteiger partial charge in [-0.2, -0.15) is 0 Å². The summed E-state index contributed by atoms with van der Waals surface area (Å²) < 4.78 is 5.24. The molecule has 0 heterocycles. The number of rotatable bonds is 5. The predicted octanol–water partition coefficient (Wildman–Crippen LogP) is 5.31. The lowest BCUT2D eigenvalue weighted by Crippen LogP contribution is -1.87. The molecule has 2 nitrogen and oxygen atoms in total. The SMILES string of the molecule is COc1ccc(C(=Cc2ccccc2)N=Cc2ccccc2)cc1. The molecule has 0 aromatic heterocycles. The lowest BCUT2D eigenvalue weighted by Gasteiger charge is -2.05. The summed E-state index contributed by atoms with van der Waals surface area (Å²) in [5, 5.41) is 0. The maximum Gasteiger partial charge on any atom is 0.118 e. The van der Waals surface area contributed by atoms with Crippen LogP contribution in [0, 0.1) is 0 Å². The quantitative estimate of drug-likeness (QED) is 0.462. The van der Waals surface area contributed by atoms with Crippen LogP contribution in [0.2, 0.25) is 0 Å². The molecule has 3 rings (SSSR count). The van der Waals surface area contributed by atoms with Crippen LogP contribution in [0.25, 0.3) is 11.8 Å². The van der Waals surface area contributed by atoms with E-state index in [0.717, 1.165) is 28.1 Å². The molecule has 0 atom stereocenters. The van der Waals surface area contributed by atoms with Gasteiger partial charge in [-0.15, -0.1) is 0 Å². The minimum absolute atomic E-state index is 0.838. The molecule has 0 aliphatic heterocycles. The summed E-state index contributed by atoms with van der Waals surface area (Å²) in [5.41, 5.74) is 4.15. The standard InChI is InChI=1S/C22H19NO/c1-24-21-14-12-20(13-15-21)22(16-18-8-4-2-5-9-18)23-17-19-10-6-3-7-11-19/h2-17H,1H3. The number of hydrogen-bond acceptors (Lipinski definition) is 2. The number of ether oxygens (including phenoxy) is 1. The van der Waals surface area contributed by atoms with E-state index in [4.69, 9.17) is 9.73 Å². The maximum absolute atomic E-state index is 5.24. The van der Waals surface area contributed by atoms with Crippen LogP contribution in [-0.2, 0) is 0 Å². The Morgan fingerprint density at radius 2 is 1.33 bits per heavy atom. The van der Waals surface area contributed by atoms with Crippen molar-refractivity contribution in [3.8, 4) is 5.75 Å². The van der Waals surface area contributed by atoms with Crippen molar-refractivity contribution in [2.75, 3.05) is 7.11 Å². The average molecular weight is 313 g/mol. The van der Waals surface area contributed by atoms with Gasteiger partial charge in [-0.05, 0) is 41.5 Å². The summed E-state index contributed by atoms with van der Waals surface area (Å²) >= 11 is 0. The number of hydrogen-bond donors (Lipinski definition) is 0. The molecule has 0 saturated heterocycles. The lowest BCUT2D eigenvalue weighted by molar-refractivity contribution is 0.415. The molecule has 0 saturated carbocycles. The molecule has 24 heavy (non-hydrogen) atoms. The third-order valence-electron chi connectivity index (χ3n) is 3.64. The Balaban J connectivity index is 1.97. The van der Waals surface area contributed by atoms with E-state index in [0.29, 0.717) is 0 Å². The second kappa shape index (κ2) is 7.93. The Hall–Kier alpha value is -3.13. The van der Waals surface area contributed by atoms with Crippen molar-refractivity contribution in [3.05, 3.63) is 102 Å². The molecule has 0 N–H and O–H groups in total. The van der Waals surface area contributed by atoms with Gasteiger partial charge in [0.1, 0.15) is 5.75 Å². The van der Waals surface area contributed by atoms with Gasteiger partial charge in [0.15, 0.2) is 0 Å². The molecular formula is C22H19NO. The van der Waals surface area contributed by atoms with Crippen molar-refractivity contribution in [1.29, 1.82) is 0 Å². The summed E-state index contributed by atoms with van der Waals surface area (Å²) in [6, 6.07) is 28.3. The van der Waals surface area contributed by atoms with Crippen LogP contribution < -0.4 is 4.74 Å². The fourth-order valence-electron chi connectivity index (χ4n) is 2.35. The zero-order chi connectivity index (χ0) is 16.6. The van der Waals surface area contributed by atoms with Crippen LogP contribution in [0.4, 0.5) is 0 Å². The number of aliphatic imine (C=N–C) groups is 1. The lowest BCUT2D eigenvalue weighted by atomic mass is 10.1. The van der Waals surface area contributed by atoms with Gasteiger partial charge in [0, 0.05) is 11.8 Å². The van der Waals surface area contributed by atoms with Gasteiger partial charge in [0.05, 0.1) is 12.8 Å². The highest BCUT2D eigenvalue weighted by Gasteiger charge is 2.01. The van der Waals surface area contributed by atoms with E-state index in [2.05, 4.69) is 18.2 Å². The fraction of sp³-hybridized carbons (Fsp3) is 0.0455. The summed E-state index contributed by atoms with van der Waals surface area (Å²) in [4.78, 5) is 4.71. The van der Waals surface area contributed by atoms with Gasteiger partial charge in [-0.3, -0.25) is 4.99 Å². The van der Waals surface area contributed by atoms with E-state index in [1.165, 1.54) is 0 Å². The monoisotopic (exact) mass is 313 g/mol. The molecule has 0 amide bonds. The Bertz CT molecular complexity index is 819. The average Bonchev–Trinajstić information content (AvgIpc) is 2.67. The van der Waals surface area contributed by atoms with Crippen LogP contribution >= 0.6 is 0 Å². The third kappa shape index (κ3) is 4.20. The van der Waals surface area contributed by atoms with E-state index >= 15 is 0 Å². The van der Waals surface area contributed by atoms with Crippen molar-refractivity contribution in [1.82, 2.24) is 0 Å². The highest BCUT2D eigenvalue weighted by atomic mass is 16.5. The first-order valence-electron chi connectivity index (χ1n) is 7.85. The highest BCUT2D eigenvalue weighted by Crippen LogP contribution is 2.22. The van der Waals surface area contributed by atoms with Gasteiger partial charge in [-0.1, -0.05) is 60.7 Å². The van der Waals surface area contributed by atoms with E-state index in [9.17, 15) is 0 Å². The summed E-state index contributed by atoms with van der Waals surface area (Å²) in [6.07, 6.45) is 3.97. The molecule has 0 aliphatic rings. The first-order chi connectivity index (χ1) is 11.8. The largest absolute Gasteiger partial charge is 0.497 e. The van der Waals surface area contributed by atoms with E-state index < -0.39 is 0 Å². The number of nitrogens with zero attached hydrogens (tertiary/aromatic N) is 1. The molecule has 0 bridgehead atoms. The Labute approximate surface area is 142 Å². The summed E-state index contributed by atoms with van der Waals surface area (Å²) in [7, 11) is 1.67. The summed E-state index contributed by atoms with van der Waals surface area (Å²) in [6.45, 7) is 0. The fourth-order valence-corrected chi connectivity index (χ4v) is 2.35.